The van der Waals surface area contributed by atoms with Crippen LogP contribution in [-0.2, 0) is 0 Å². The van der Waals surface area contributed by atoms with Crippen LogP contribution in [0.1, 0.15) is 17.4 Å². The number of benzene rings is 10. The number of hydrogen-bond acceptors (Lipinski definition) is 6. The summed E-state index contributed by atoms with van der Waals surface area (Å²) in [6.45, 7) is 0. The minimum atomic E-state index is -0.596. The number of nitrogens with one attached hydrogen (secondary N) is 1. The number of aliphatic imine (C=N–C) groups is 2. The molecule has 0 fully saturated rings. The van der Waals surface area contributed by atoms with Gasteiger partial charge in [0, 0.05) is 55.0 Å². The van der Waals surface area contributed by atoms with Crippen molar-refractivity contribution in [2.24, 2.45) is 9.98 Å². The van der Waals surface area contributed by atoms with Crippen molar-refractivity contribution in [1.29, 1.82) is 0 Å². The monoisotopic (exact) mass is 948 g/mol. The molecule has 4 heterocycles. The van der Waals surface area contributed by atoms with Crippen LogP contribution in [0.15, 0.2) is 265 Å². The van der Waals surface area contributed by atoms with Crippen LogP contribution in [0.5, 0.6) is 0 Å². The van der Waals surface area contributed by atoms with Gasteiger partial charge in [-0.25, -0.2) is 24.9 Å². The van der Waals surface area contributed by atoms with Crippen LogP contribution in [0, 0.1) is 0 Å². The molecule has 0 radical (unpaired) electrons. The summed E-state index contributed by atoms with van der Waals surface area (Å²) in [5.74, 6) is 3.23. The van der Waals surface area contributed by atoms with Crippen molar-refractivity contribution in [3.63, 3.8) is 0 Å². The molecular weight excluding hydrogens is 905 g/mol. The van der Waals surface area contributed by atoms with Gasteiger partial charge in [-0.15, -0.1) is 0 Å². The second kappa shape index (κ2) is 18.0. The molecule has 3 aromatic heterocycles. The Morgan fingerprint density at radius 3 is 1.34 bits per heavy atom. The first-order valence-electron chi connectivity index (χ1n) is 24.9. The zero-order valence-corrected chi connectivity index (χ0v) is 40.0. The first-order valence-corrected chi connectivity index (χ1v) is 24.9. The van der Waals surface area contributed by atoms with Gasteiger partial charge in [-0.3, -0.25) is 4.57 Å². The summed E-state index contributed by atoms with van der Waals surface area (Å²) in [6.07, 6.45) is -0.596. The Hall–Kier alpha value is -10.1. The second-order valence-corrected chi connectivity index (χ2v) is 18.5. The third-order valence-corrected chi connectivity index (χ3v) is 14.0. The normalized spacial score (nSPS) is 13.5. The molecule has 1 aliphatic heterocycles. The molecule has 0 spiro atoms. The highest BCUT2D eigenvalue weighted by molar-refractivity contribution is 6.23. The molecule has 0 amide bonds. The zero-order valence-electron chi connectivity index (χ0n) is 40.0. The van der Waals surface area contributed by atoms with E-state index in [9.17, 15) is 0 Å². The summed E-state index contributed by atoms with van der Waals surface area (Å²) in [5, 5.41) is 8.45. The Balaban J connectivity index is 0.968. The molecule has 8 nitrogen and oxygen atoms in total. The minimum Gasteiger partial charge on any atom is -0.331 e. The van der Waals surface area contributed by atoms with Gasteiger partial charge in [0.15, 0.2) is 23.3 Å². The van der Waals surface area contributed by atoms with Gasteiger partial charge in [0.25, 0.3) is 0 Å². The fourth-order valence-electron chi connectivity index (χ4n) is 10.5. The van der Waals surface area contributed by atoms with E-state index in [2.05, 4.69) is 203 Å². The summed E-state index contributed by atoms with van der Waals surface area (Å²) >= 11 is 0. The lowest BCUT2D eigenvalue weighted by atomic mass is 10.0. The lowest BCUT2D eigenvalue weighted by molar-refractivity contribution is 0.516. The van der Waals surface area contributed by atoms with E-state index in [4.69, 9.17) is 24.9 Å². The number of amidine groups is 2. The van der Waals surface area contributed by atoms with Gasteiger partial charge in [-0.2, -0.15) is 0 Å². The maximum atomic E-state index is 5.60. The SMILES string of the molecule is c1ccc(-c2cccc(C3=NC(n4c5ccccc5c5ccc6c7ccccc7n(-c7ccc(-c8nc(-c9ccccc9)nc(-c9ccccc9)n8)cc7)c6c54)NC(c4cccc(-c5ccccc5)c4)=N3)c2)cc1. The number of para-hydroxylation sites is 2. The molecule has 74 heavy (non-hydrogen) atoms. The predicted octanol–water partition coefficient (Wildman–Crippen LogP) is 15.4. The number of rotatable bonds is 9. The van der Waals surface area contributed by atoms with E-state index in [0.717, 1.165) is 105 Å². The van der Waals surface area contributed by atoms with E-state index in [1.165, 1.54) is 0 Å². The molecule has 10 aromatic carbocycles. The number of hydrogen-bond donors (Lipinski definition) is 1. The molecule has 14 rings (SSSR count). The van der Waals surface area contributed by atoms with Crippen molar-refractivity contribution in [2.45, 2.75) is 6.29 Å². The van der Waals surface area contributed by atoms with E-state index in [-0.39, 0.29) is 0 Å². The first kappa shape index (κ1) is 42.8. The molecule has 0 aliphatic carbocycles. The highest BCUT2D eigenvalue weighted by Gasteiger charge is 2.28. The van der Waals surface area contributed by atoms with Crippen molar-refractivity contribution in [2.75, 3.05) is 0 Å². The van der Waals surface area contributed by atoms with Gasteiger partial charge in [-0.05, 0) is 70.8 Å². The van der Waals surface area contributed by atoms with Gasteiger partial charge in [0.2, 0.25) is 6.29 Å². The Morgan fingerprint density at radius 2 is 0.757 bits per heavy atom. The van der Waals surface area contributed by atoms with Crippen LogP contribution in [0.25, 0.3) is 106 Å². The van der Waals surface area contributed by atoms with Crippen molar-refractivity contribution in [3.8, 4) is 62.1 Å². The predicted molar refractivity (Wildman–Crippen MR) is 302 cm³/mol. The van der Waals surface area contributed by atoms with Crippen LogP contribution in [-0.4, -0.2) is 35.8 Å². The highest BCUT2D eigenvalue weighted by atomic mass is 15.3. The number of fused-ring (bicyclic) bond motifs is 7. The van der Waals surface area contributed by atoms with E-state index in [0.29, 0.717) is 23.3 Å². The average Bonchev–Trinajstić information content (AvgIpc) is 4.02. The lowest BCUT2D eigenvalue weighted by Crippen LogP contribution is -2.36. The molecule has 1 atom stereocenters. The van der Waals surface area contributed by atoms with Crippen LogP contribution in [0.3, 0.4) is 0 Å². The first-order chi connectivity index (χ1) is 36.7. The molecule has 13 aromatic rings. The van der Waals surface area contributed by atoms with E-state index < -0.39 is 6.29 Å². The van der Waals surface area contributed by atoms with Gasteiger partial charge in [0.1, 0.15) is 5.84 Å². The Labute approximate surface area is 427 Å². The number of aromatic nitrogens is 5. The Bertz CT molecular complexity index is 4250. The standard InChI is InChI=1S/C66H44N8/c1-5-19-43(20-6-1)48-27-17-29-50(41-48)64-70-65(51-30-18-28-49(42-51)44-21-7-2-8-22-44)72-66(71-64)74-58-34-16-14-32-54(58)56-40-39-55-53-31-13-15-33-57(53)73(59(55)60(56)74)52-37-35-47(36-38-52)63-68-61(45-23-9-3-10-24-45)67-62(69-63)46-25-11-4-12-26-46/h1-42,66H,(H,70,71,72). The molecule has 1 aliphatic rings. The van der Waals surface area contributed by atoms with Gasteiger partial charge in [-0.1, -0.05) is 206 Å². The molecule has 1 unspecified atom stereocenters. The third kappa shape index (κ3) is 7.52. The van der Waals surface area contributed by atoms with E-state index in [1.807, 2.05) is 66.7 Å². The maximum absolute atomic E-state index is 5.60. The molecular formula is C66H44N8. The molecule has 1 N–H and O–H groups in total. The summed E-state index contributed by atoms with van der Waals surface area (Å²) in [6, 6.07) is 88.9. The van der Waals surface area contributed by atoms with Crippen molar-refractivity contribution in [3.05, 3.63) is 266 Å². The van der Waals surface area contributed by atoms with Gasteiger partial charge >= 0.3 is 0 Å². The molecule has 348 valence electrons. The van der Waals surface area contributed by atoms with Crippen LogP contribution >= 0.6 is 0 Å². The van der Waals surface area contributed by atoms with Gasteiger partial charge < -0.3 is 9.88 Å². The van der Waals surface area contributed by atoms with Crippen LogP contribution in [0.4, 0.5) is 0 Å². The summed E-state index contributed by atoms with van der Waals surface area (Å²) < 4.78 is 4.79. The molecule has 0 bridgehead atoms. The smallest absolute Gasteiger partial charge is 0.204 e. The van der Waals surface area contributed by atoms with Crippen molar-refractivity contribution >= 4 is 55.3 Å². The number of nitrogens with zero attached hydrogens (tertiary/aromatic N) is 7. The zero-order chi connectivity index (χ0) is 49.0. The largest absolute Gasteiger partial charge is 0.331 e. The third-order valence-electron chi connectivity index (χ3n) is 14.0. The van der Waals surface area contributed by atoms with E-state index >= 15 is 0 Å². The van der Waals surface area contributed by atoms with Gasteiger partial charge in [0.05, 0.1) is 22.1 Å². The lowest BCUT2D eigenvalue weighted by Gasteiger charge is -2.26. The minimum absolute atomic E-state index is 0.596. The summed E-state index contributed by atoms with van der Waals surface area (Å²) in [7, 11) is 0. The second-order valence-electron chi connectivity index (χ2n) is 18.5. The summed E-state index contributed by atoms with van der Waals surface area (Å²) in [5.41, 5.74) is 14.4. The van der Waals surface area contributed by atoms with Crippen molar-refractivity contribution in [1.82, 2.24) is 29.4 Å². The summed E-state index contributed by atoms with van der Waals surface area (Å²) in [4.78, 5) is 26.0. The van der Waals surface area contributed by atoms with Crippen LogP contribution < -0.4 is 5.32 Å². The maximum Gasteiger partial charge on any atom is 0.204 e. The highest BCUT2D eigenvalue weighted by Crippen LogP contribution is 2.42. The molecule has 8 heteroatoms. The van der Waals surface area contributed by atoms with Crippen LogP contribution in [0.2, 0.25) is 0 Å². The average molecular weight is 949 g/mol. The Morgan fingerprint density at radius 1 is 0.324 bits per heavy atom. The fourth-order valence-corrected chi connectivity index (χ4v) is 10.5. The fraction of sp³-hybridized carbons (Fsp3) is 0.0152. The van der Waals surface area contributed by atoms with Crippen molar-refractivity contribution < 1.29 is 0 Å². The molecule has 0 saturated carbocycles. The van der Waals surface area contributed by atoms with E-state index in [1.54, 1.807) is 0 Å². The molecule has 0 saturated heterocycles. The Kier molecular flexibility index (Phi) is 10.4. The topological polar surface area (TPSA) is 85.3 Å². The quantitative estimate of drug-likeness (QED) is 0.156.